The average molecular weight is 441 g/mol. The van der Waals surface area contributed by atoms with Gasteiger partial charge in [0.1, 0.15) is 0 Å². The van der Waals surface area contributed by atoms with E-state index in [1.54, 1.807) is 24.3 Å². The maximum absolute atomic E-state index is 9.52. The first kappa shape index (κ1) is 19.7. The minimum Gasteiger partial charge on any atom is -0.490 e. The van der Waals surface area contributed by atoms with Crippen molar-refractivity contribution < 1.29 is 9.47 Å². The molecule has 0 saturated carbocycles. The predicted molar refractivity (Wildman–Crippen MR) is 106 cm³/mol. The van der Waals surface area contributed by atoms with Crippen LogP contribution < -0.4 is 9.47 Å². The summed E-state index contributed by atoms with van der Waals surface area (Å²) < 4.78 is 12.1. The van der Waals surface area contributed by atoms with Crippen LogP contribution in [-0.4, -0.2) is 13.2 Å². The third kappa shape index (κ3) is 4.92. The van der Waals surface area contributed by atoms with Gasteiger partial charge in [0.25, 0.3) is 0 Å². The Labute approximate surface area is 165 Å². The van der Waals surface area contributed by atoms with Crippen LogP contribution in [0.15, 0.2) is 34.8 Å². The molecule has 0 saturated heterocycles. The minimum absolute atomic E-state index is 0.406. The molecule has 0 amide bonds. The van der Waals surface area contributed by atoms with E-state index in [4.69, 9.17) is 32.7 Å². The van der Waals surface area contributed by atoms with Crippen molar-refractivity contribution in [1.82, 2.24) is 0 Å². The number of nitriles is 1. The standard InChI is InChI=1S/C19H16BrCl2NO2/c1-3-24-18-9-12(8-15(20)19(18)25-4-2)7-14(11-23)13-5-6-16(21)17(22)10-13/h5-10H,3-4H2,1-2H3/b14-7-. The van der Waals surface area contributed by atoms with Crippen LogP contribution in [-0.2, 0) is 0 Å². The molecule has 0 aliphatic carbocycles. The van der Waals surface area contributed by atoms with Crippen LogP contribution in [0.1, 0.15) is 25.0 Å². The van der Waals surface area contributed by atoms with Crippen molar-refractivity contribution in [2.24, 2.45) is 0 Å². The van der Waals surface area contributed by atoms with Gasteiger partial charge < -0.3 is 9.47 Å². The summed E-state index contributed by atoms with van der Waals surface area (Å²) in [5, 5.41) is 10.4. The number of halogens is 3. The lowest BCUT2D eigenvalue weighted by Gasteiger charge is -2.13. The quantitative estimate of drug-likeness (QED) is 0.374. The van der Waals surface area contributed by atoms with Gasteiger partial charge in [-0.05, 0) is 71.2 Å². The summed E-state index contributed by atoms with van der Waals surface area (Å²) >= 11 is 15.5. The Balaban J connectivity index is 2.50. The van der Waals surface area contributed by atoms with Gasteiger partial charge in [0, 0.05) is 0 Å². The summed E-state index contributed by atoms with van der Waals surface area (Å²) in [5.41, 5.74) is 1.97. The highest BCUT2D eigenvalue weighted by Crippen LogP contribution is 2.38. The van der Waals surface area contributed by atoms with E-state index in [2.05, 4.69) is 22.0 Å². The molecule has 0 aliphatic rings. The molecule has 2 aromatic carbocycles. The van der Waals surface area contributed by atoms with Crippen LogP contribution in [0, 0.1) is 11.3 Å². The number of hydrogen-bond donors (Lipinski definition) is 0. The first-order valence-corrected chi connectivity index (χ1v) is 9.21. The van der Waals surface area contributed by atoms with Gasteiger partial charge in [-0.25, -0.2) is 0 Å². The second-order valence-electron chi connectivity index (χ2n) is 4.99. The highest BCUT2D eigenvalue weighted by Gasteiger charge is 2.12. The molecule has 130 valence electrons. The lowest BCUT2D eigenvalue weighted by Crippen LogP contribution is -1.99. The maximum Gasteiger partial charge on any atom is 0.175 e. The van der Waals surface area contributed by atoms with Gasteiger partial charge >= 0.3 is 0 Å². The third-order valence-corrected chi connectivity index (χ3v) is 4.61. The molecule has 0 atom stereocenters. The number of rotatable bonds is 6. The summed E-state index contributed by atoms with van der Waals surface area (Å²) in [7, 11) is 0. The molecule has 2 aromatic rings. The van der Waals surface area contributed by atoms with Gasteiger partial charge in [0.2, 0.25) is 0 Å². The van der Waals surface area contributed by atoms with E-state index in [0.717, 1.165) is 10.0 Å². The van der Waals surface area contributed by atoms with Crippen LogP contribution >= 0.6 is 39.1 Å². The van der Waals surface area contributed by atoms with Gasteiger partial charge in [0.05, 0.1) is 39.4 Å². The summed E-state index contributed by atoms with van der Waals surface area (Å²) in [6, 6.07) is 11.0. The van der Waals surface area contributed by atoms with Gasteiger partial charge in [-0.2, -0.15) is 5.26 Å². The van der Waals surface area contributed by atoms with E-state index < -0.39 is 0 Å². The molecule has 0 heterocycles. The monoisotopic (exact) mass is 439 g/mol. The van der Waals surface area contributed by atoms with Crippen LogP contribution in [0.5, 0.6) is 11.5 Å². The van der Waals surface area contributed by atoms with E-state index >= 15 is 0 Å². The zero-order valence-electron chi connectivity index (χ0n) is 13.8. The van der Waals surface area contributed by atoms with Gasteiger partial charge in [-0.15, -0.1) is 0 Å². The van der Waals surface area contributed by atoms with Crippen LogP contribution in [0.25, 0.3) is 11.6 Å². The molecular weight excluding hydrogens is 425 g/mol. The largest absolute Gasteiger partial charge is 0.490 e. The second kappa shape index (κ2) is 9.15. The Kier molecular flexibility index (Phi) is 7.19. The number of nitrogens with zero attached hydrogens (tertiary/aromatic N) is 1. The van der Waals surface area contributed by atoms with Crippen molar-refractivity contribution in [3.8, 4) is 17.6 Å². The topological polar surface area (TPSA) is 42.2 Å². The summed E-state index contributed by atoms with van der Waals surface area (Å²) in [6.07, 6.45) is 1.77. The fraction of sp³-hybridized carbons (Fsp3) is 0.211. The fourth-order valence-electron chi connectivity index (χ4n) is 2.23. The number of benzene rings is 2. The summed E-state index contributed by atoms with van der Waals surface area (Å²) in [4.78, 5) is 0. The highest BCUT2D eigenvalue weighted by atomic mass is 79.9. The molecule has 0 spiro atoms. The van der Waals surface area contributed by atoms with E-state index in [9.17, 15) is 5.26 Å². The average Bonchev–Trinajstić information content (AvgIpc) is 2.58. The van der Waals surface area contributed by atoms with Crippen molar-refractivity contribution >= 4 is 50.8 Å². The Hall–Kier alpha value is -1.67. The Bertz CT molecular complexity index is 844. The molecule has 0 radical (unpaired) electrons. The summed E-state index contributed by atoms with van der Waals surface area (Å²) in [6.45, 7) is 4.86. The molecule has 3 nitrogen and oxygen atoms in total. The SMILES string of the molecule is CCOc1cc(/C=C(/C#N)c2ccc(Cl)c(Cl)c2)cc(Br)c1OCC. The van der Waals surface area contributed by atoms with E-state index in [1.807, 2.05) is 26.0 Å². The zero-order chi connectivity index (χ0) is 18.4. The molecular formula is C19H16BrCl2NO2. The van der Waals surface area contributed by atoms with Gasteiger partial charge in [-0.3, -0.25) is 0 Å². The van der Waals surface area contributed by atoms with Crippen LogP contribution in [0.3, 0.4) is 0 Å². The van der Waals surface area contributed by atoms with Crippen LogP contribution in [0.2, 0.25) is 10.0 Å². The zero-order valence-corrected chi connectivity index (χ0v) is 16.9. The number of allylic oxidation sites excluding steroid dienone is 1. The molecule has 0 aliphatic heterocycles. The smallest absolute Gasteiger partial charge is 0.175 e. The lowest BCUT2D eigenvalue weighted by atomic mass is 10.0. The first-order chi connectivity index (χ1) is 12.0. The highest BCUT2D eigenvalue weighted by molar-refractivity contribution is 9.10. The molecule has 0 N–H and O–H groups in total. The Morgan fingerprint density at radius 1 is 1.12 bits per heavy atom. The van der Waals surface area contributed by atoms with E-state index in [1.165, 1.54) is 0 Å². The predicted octanol–water partition coefficient (Wildman–Crippen LogP) is 6.62. The van der Waals surface area contributed by atoms with Gasteiger partial charge in [-0.1, -0.05) is 29.3 Å². The number of hydrogen-bond acceptors (Lipinski definition) is 3. The molecule has 0 unspecified atom stereocenters. The second-order valence-corrected chi connectivity index (χ2v) is 6.66. The van der Waals surface area contributed by atoms with Crippen molar-refractivity contribution in [2.45, 2.75) is 13.8 Å². The van der Waals surface area contributed by atoms with Crippen molar-refractivity contribution in [3.63, 3.8) is 0 Å². The Morgan fingerprint density at radius 2 is 1.84 bits per heavy atom. The van der Waals surface area contributed by atoms with Crippen molar-refractivity contribution in [2.75, 3.05) is 13.2 Å². The summed E-state index contributed by atoms with van der Waals surface area (Å²) in [5.74, 6) is 1.27. The van der Waals surface area contributed by atoms with Crippen molar-refractivity contribution in [3.05, 3.63) is 56.0 Å². The number of ether oxygens (including phenoxy) is 2. The molecule has 25 heavy (non-hydrogen) atoms. The van der Waals surface area contributed by atoms with E-state index in [0.29, 0.717) is 45.9 Å². The Morgan fingerprint density at radius 3 is 2.44 bits per heavy atom. The molecule has 0 bridgehead atoms. The fourth-order valence-corrected chi connectivity index (χ4v) is 3.10. The normalized spacial score (nSPS) is 11.1. The minimum atomic E-state index is 0.406. The first-order valence-electron chi connectivity index (χ1n) is 7.66. The molecule has 0 fully saturated rings. The molecule has 0 aromatic heterocycles. The van der Waals surface area contributed by atoms with Crippen molar-refractivity contribution in [1.29, 1.82) is 5.26 Å². The third-order valence-electron chi connectivity index (χ3n) is 3.28. The van der Waals surface area contributed by atoms with E-state index in [-0.39, 0.29) is 0 Å². The van der Waals surface area contributed by atoms with Gasteiger partial charge in [0.15, 0.2) is 11.5 Å². The lowest BCUT2D eigenvalue weighted by molar-refractivity contribution is 0.286. The van der Waals surface area contributed by atoms with Crippen LogP contribution in [0.4, 0.5) is 0 Å². The molecule has 2 rings (SSSR count). The maximum atomic E-state index is 9.52. The molecule has 6 heteroatoms.